The summed E-state index contributed by atoms with van der Waals surface area (Å²) < 4.78 is 5.82. The van der Waals surface area contributed by atoms with Crippen molar-refractivity contribution < 1.29 is 14.3 Å². The van der Waals surface area contributed by atoms with Crippen LogP contribution < -0.4 is 20.7 Å². The smallest absolute Gasteiger partial charge is 0.327 e. The molecule has 0 spiro atoms. The number of aryl methyl sites for hydroxylation is 1. The number of imide groups is 1. The SMILES string of the molecule is CCCCCCCc1c(C)c(OC)c(NC(=O)NC(=O)NCC(C)C)c2c1[nH]c1ccccc12. The minimum Gasteiger partial charge on any atom is -0.494 e. The molecule has 1 aromatic heterocycles. The summed E-state index contributed by atoms with van der Waals surface area (Å²) in [7, 11) is 1.62. The molecular weight excluding hydrogens is 428 g/mol. The number of nitrogens with one attached hydrogen (secondary N) is 4. The summed E-state index contributed by atoms with van der Waals surface area (Å²) in [5, 5.41) is 9.86. The van der Waals surface area contributed by atoms with E-state index < -0.39 is 12.1 Å². The number of fused-ring (bicyclic) bond motifs is 3. The number of urea groups is 2. The summed E-state index contributed by atoms with van der Waals surface area (Å²) >= 11 is 0. The maximum absolute atomic E-state index is 12.8. The molecule has 1 heterocycles. The third-order valence-electron chi connectivity index (χ3n) is 6.15. The second kappa shape index (κ2) is 11.8. The van der Waals surface area contributed by atoms with Crippen LogP contribution in [0.4, 0.5) is 15.3 Å². The molecule has 7 nitrogen and oxygen atoms in total. The Balaban J connectivity index is 1.99. The van der Waals surface area contributed by atoms with E-state index in [0.717, 1.165) is 40.2 Å². The van der Waals surface area contributed by atoms with Crippen LogP contribution >= 0.6 is 0 Å². The molecule has 0 bridgehead atoms. The lowest BCUT2D eigenvalue weighted by Gasteiger charge is -2.19. The summed E-state index contributed by atoms with van der Waals surface area (Å²) in [6, 6.07) is 6.91. The van der Waals surface area contributed by atoms with Crippen LogP contribution in [0.25, 0.3) is 21.8 Å². The standard InChI is InChI=1S/C27H38N4O3/c1-6-7-8-9-10-13-19-18(4)25(34-5)24(30-27(33)31-26(32)28-16-17(2)3)22-20-14-11-12-15-21(20)29-23(19)22/h11-12,14-15,17,29H,6-10,13,16H2,1-5H3,(H3,28,30,31,32,33). The molecule has 0 radical (unpaired) electrons. The van der Waals surface area contributed by atoms with Gasteiger partial charge in [-0.15, -0.1) is 0 Å². The Hall–Kier alpha value is -3.22. The first-order valence-electron chi connectivity index (χ1n) is 12.3. The Morgan fingerprint density at radius 1 is 1.06 bits per heavy atom. The fourth-order valence-electron chi connectivity index (χ4n) is 4.43. The molecule has 3 rings (SSSR count). The van der Waals surface area contributed by atoms with Crippen molar-refractivity contribution >= 4 is 39.6 Å². The first kappa shape index (κ1) is 25.4. The van der Waals surface area contributed by atoms with Gasteiger partial charge in [0.2, 0.25) is 0 Å². The number of hydrogen-bond donors (Lipinski definition) is 4. The number of methoxy groups -OCH3 is 1. The summed E-state index contributed by atoms with van der Waals surface area (Å²) in [5.74, 6) is 0.912. The van der Waals surface area contributed by atoms with Gasteiger partial charge in [0, 0.05) is 22.8 Å². The topological polar surface area (TPSA) is 95.2 Å². The molecule has 3 aromatic rings. The maximum atomic E-state index is 12.8. The van der Waals surface area contributed by atoms with Gasteiger partial charge in [0.15, 0.2) is 0 Å². The van der Waals surface area contributed by atoms with Gasteiger partial charge in [-0.25, -0.2) is 9.59 Å². The number of para-hydroxylation sites is 1. The van der Waals surface area contributed by atoms with Gasteiger partial charge in [0.05, 0.1) is 18.3 Å². The minimum absolute atomic E-state index is 0.289. The number of H-pyrrole nitrogens is 1. The highest BCUT2D eigenvalue weighted by Crippen LogP contribution is 2.43. The molecule has 34 heavy (non-hydrogen) atoms. The van der Waals surface area contributed by atoms with E-state index in [9.17, 15) is 9.59 Å². The van der Waals surface area contributed by atoms with Crippen molar-refractivity contribution in [1.82, 2.24) is 15.6 Å². The third kappa shape index (κ3) is 5.82. The molecule has 0 saturated heterocycles. The van der Waals surface area contributed by atoms with E-state index in [4.69, 9.17) is 4.74 Å². The molecule has 4 N–H and O–H groups in total. The van der Waals surface area contributed by atoms with Crippen molar-refractivity contribution in [2.45, 2.75) is 66.2 Å². The number of carbonyl (C=O) groups excluding carboxylic acids is 2. The van der Waals surface area contributed by atoms with Crippen molar-refractivity contribution in [3.63, 3.8) is 0 Å². The molecule has 0 unspecified atom stereocenters. The molecule has 0 atom stereocenters. The number of hydrogen-bond acceptors (Lipinski definition) is 3. The second-order valence-electron chi connectivity index (χ2n) is 9.28. The van der Waals surface area contributed by atoms with E-state index in [1.165, 1.54) is 31.2 Å². The zero-order valence-electron chi connectivity index (χ0n) is 21.1. The Morgan fingerprint density at radius 2 is 1.79 bits per heavy atom. The minimum atomic E-state index is -0.599. The van der Waals surface area contributed by atoms with E-state index >= 15 is 0 Å². The number of ether oxygens (including phenoxy) is 1. The van der Waals surface area contributed by atoms with Crippen LogP contribution in [0.2, 0.25) is 0 Å². The number of unbranched alkanes of at least 4 members (excludes halogenated alkanes) is 4. The summed E-state index contributed by atoms with van der Waals surface area (Å²) in [6.45, 7) is 8.73. The van der Waals surface area contributed by atoms with Crippen molar-refractivity contribution in [3.8, 4) is 5.75 Å². The molecule has 7 heteroatoms. The predicted molar refractivity (Wildman–Crippen MR) is 140 cm³/mol. The van der Waals surface area contributed by atoms with Crippen molar-refractivity contribution in [2.24, 2.45) is 5.92 Å². The molecule has 184 valence electrons. The molecule has 4 amide bonds. The molecule has 0 saturated carbocycles. The van der Waals surface area contributed by atoms with Crippen LogP contribution in [0.5, 0.6) is 5.75 Å². The van der Waals surface area contributed by atoms with E-state index in [1.54, 1.807) is 7.11 Å². The Kier molecular flexibility index (Phi) is 8.79. The second-order valence-corrected chi connectivity index (χ2v) is 9.28. The highest BCUT2D eigenvalue weighted by atomic mass is 16.5. The molecule has 2 aromatic carbocycles. The summed E-state index contributed by atoms with van der Waals surface area (Å²) in [5.41, 5.74) is 4.78. The Labute approximate surface area is 202 Å². The average Bonchev–Trinajstić information content (AvgIpc) is 3.18. The number of anilines is 1. The summed E-state index contributed by atoms with van der Waals surface area (Å²) in [6.07, 6.45) is 6.92. The highest BCUT2D eigenvalue weighted by Gasteiger charge is 2.23. The van der Waals surface area contributed by atoms with E-state index in [2.05, 4.69) is 27.9 Å². The average molecular weight is 467 g/mol. The number of carbonyl (C=O) groups is 2. The lowest BCUT2D eigenvalue weighted by atomic mass is 9.95. The van der Waals surface area contributed by atoms with Crippen molar-refractivity contribution in [1.29, 1.82) is 0 Å². The lowest BCUT2D eigenvalue weighted by Crippen LogP contribution is -2.42. The van der Waals surface area contributed by atoms with Gasteiger partial charge in [0.25, 0.3) is 0 Å². The zero-order chi connectivity index (χ0) is 24.7. The van der Waals surface area contributed by atoms with Crippen LogP contribution in [-0.2, 0) is 6.42 Å². The first-order chi connectivity index (χ1) is 16.4. The highest BCUT2D eigenvalue weighted by molar-refractivity contribution is 6.19. The van der Waals surface area contributed by atoms with Gasteiger partial charge >= 0.3 is 12.1 Å². The van der Waals surface area contributed by atoms with Crippen molar-refractivity contribution in [2.75, 3.05) is 19.0 Å². The number of amides is 4. The molecule has 0 aliphatic carbocycles. The number of benzene rings is 2. The number of aromatic nitrogens is 1. The van der Waals surface area contributed by atoms with Gasteiger partial charge in [-0.2, -0.15) is 0 Å². The third-order valence-corrected chi connectivity index (χ3v) is 6.15. The molecule has 0 fully saturated rings. The fraction of sp³-hybridized carbons (Fsp3) is 0.481. The van der Waals surface area contributed by atoms with Crippen LogP contribution in [0.1, 0.15) is 64.0 Å². The van der Waals surface area contributed by atoms with Crippen LogP contribution in [0.3, 0.4) is 0 Å². The van der Waals surface area contributed by atoms with Crippen molar-refractivity contribution in [3.05, 3.63) is 35.4 Å². The Bertz CT molecular complexity index is 1150. The first-order valence-corrected chi connectivity index (χ1v) is 12.3. The Morgan fingerprint density at radius 3 is 2.50 bits per heavy atom. The quantitative estimate of drug-likeness (QED) is 0.252. The van der Waals surface area contributed by atoms with Gasteiger partial charge in [-0.1, -0.05) is 64.7 Å². The van der Waals surface area contributed by atoms with Crippen LogP contribution in [0, 0.1) is 12.8 Å². The van der Waals surface area contributed by atoms with Gasteiger partial charge < -0.3 is 20.4 Å². The number of rotatable bonds is 10. The van der Waals surface area contributed by atoms with Gasteiger partial charge in [-0.3, -0.25) is 5.32 Å². The van der Waals surface area contributed by atoms with Crippen LogP contribution in [-0.4, -0.2) is 30.7 Å². The largest absolute Gasteiger partial charge is 0.494 e. The monoisotopic (exact) mass is 466 g/mol. The lowest BCUT2D eigenvalue weighted by molar-refractivity contribution is 0.232. The molecule has 0 aliphatic heterocycles. The zero-order valence-corrected chi connectivity index (χ0v) is 21.1. The normalized spacial score (nSPS) is 11.2. The van der Waals surface area contributed by atoms with Crippen LogP contribution in [0.15, 0.2) is 24.3 Å². The van der Waals surface area contributed by atoms with E-state index in [-0.39, 0.29) is 5.92 Å². The predicted octanol–water partition coefficient (Wildman–Crippen LogP) is 6.64. The van der Waals surface area contributed by atoms with E-state index in [0.29, 0.717) is 18.0 Å². The molecular formula is C27H38N4O3. The van der Waals surface area contributed by atoms with Gasteiger partial charge in [-0.05, 0) is 42.9 Å². The number of aromatic amines is 1. The molecule has 0 aliphatic rings. The fourth-order valence-corrected chi connectivity index (χ4v) is 4.43. The summed E-state index contributed by atoms with van der Waals surface area (Å²) in [4.78, 5) is 28.5. The maximum Gasteiger partial charge on any atom is 0.327 e. The van der Waals surface area contributed by atoms with Gasteiger partial charge in [0.1, 0.15) is 5.75 Å². The van der Waals surface area contributed by atoms with E-state index in [1.807, 2.05) is 45.0 Å².